The Bertz CT molecular complexity index is 1230. The third-order valence-electron chi connectivity index (χ3n) is 9.51. The van der Waals surface area contributed by atoms with Crippen molar-refractivity contribution in [2.45, 2.75) is 192 Å². The lowest BCUT2D eigenvalue weighted by Gasteiger charge is -2.20. The molecule has 6 N–H and O–H groups in total. The van der Waals surface area contributed by atoms with E-state index in [1.54, 1.807) is 42.5 Å². The van der Waals surface area contributed by atoms with Gasteiger partial charge in [-0.2, -0.15) is 0 Å². The highest BCUT2D eigenvalue weighted by Crippen LogP contribution is 2.43. The van der Waals surface area contributed by atoms with Crippen molar-refractivity contribution in [1.82, 2.24) is 0 Å². The standard InChI is InChI=1S/C46H81O13P/c1-3-5-7-8-9-10-11-12-13-14-15-16-17-18-19-24-28-34-46(53)59-42(39-58-60(54,55)57-37-41(49)36-47)38-56-45(52)35-29-33-44(51)43(50)32-27-23-21-20-22-26-31-40(48)30-25-6-4-2/h12-13,20-23,26-27,31-32,40-44,47-51H,3-11,14-19,24-25,28-30,33-39H2,1-2H3,(H,54,55)/b13-12-,22-20-,23-21+,31-26+,32-27+/t40-,41+,42-,43-,44-/m1/s1. The van der Waals surface area contributed by atoms with Crippen molar-refractivity contribution in [1.29, 1.82) is 0 Å². The Hall–Kier alpha value is -2.45. The van der Waals surface area contributed by atoms with Gasteiger partial charge in [-0.1, -0.05) is 158 Å². The minimum atomic E-state index is -4.71. The fourth-order valence-electron chi connectivity index (χ4n) is 5.84. The van der Waals surface area contributed by atoms with E-state index in [1.807, 2.05) is 0 Å². The molecule has 0 aliphatic rings. The molecule has 1 unspecified atom stereocenters. The Morgan fingerprint density at radius 3 is 1.72 bits per heavy atom. The van der Waals surface area contributed by atoms with Crippen LogP contribution in [0.15, 0.2) is 60.8 Å². The maximum absolute atomic E-state index is 12.6. The van der Waals surface area contributed by atoms with Gasteiger partial charge in [-0.3, -0.25) is 18.6 Å². The number of esters is 2. The van der Waals surface area contributed by atoms with E-state index in [9.17, 15) is 39.5 Å². The summed E-state index contributed by atoms with van der Waals surface area (Å²) in [4.78, 5) is 35.1. The van der Waals surface area contributed by atoms with Gasteiger partial charge in [-0.15, -0.1) is 0 Å². The summed E-state index contributed by atoms with van der Waals surface area (Å²) in [7, 11) is -4.71. The molecule has 0 saturated heterocycles. The number of aliphatic hydroxyl groups excluding tert-OH is 5. The average molecular weight is 873 g/mol. The average Bonchev–Trinajstić information content (AvgIpc) is 3.22. The molecule has 0 rings (SSSR count). The molecule has 0 amide bonds. The van der Waals surface area contributed by atoms with Crippen molar-refractivity contribution < 1.29 is 63.1 Å². The summed E-state index contributed by atoms with van der Waals surface area (Å²) in [5.41, 5.74) is 0. The van der Waals surface area contributed by atoms with Crippen LogP contribution in [-0.4, -0.2) is 99.3 Å². The Labute approximate surface area is 361 Å². The molecular formula is C46H81O13P. The van der Waals surface area contributed by atoms with Crippen molar-refractivity contribution in [3.8, 4) is 0 Å². The summed E-state index contributed by atoms with van der Waals surface area (Å²) in [5.74, 6) is -1.26. The first-order chi connectivity index (χ1) is 28.9. The number of hydrogen-bond donors (Lipinski definition) is 6. The number of allylic oxidation sites excluding steroid dienone is 8. The highest BCUT2D eigenvalue weighted by Gasteiger charge is 2.27. The third-order valence-corrected chi connectivity index (χ3v) is 10.5. The summed E-state index contributed by atoms with van der Waals surface area (Å²) in [6.07, 6.45) is 34.0. The molecule has 0 spiro atoms. The zero-order chi connectivity index (χ0) is 44.5. The van der Waals surface area contributed by atoms with Crippen LogP contribution in [0.5, 0.6) is 0 Å². The second-order valence-corrected chi connectivity index (χ2v) is 16.7. The van der Waals surface area contributed by atoms with Crippen LogP contribution in [-0.2, 0) is 32.7 Å². The van der Waals surface area contributed by atoms with Gasteiger partial charge < -0.3 is 39.9 Å². The first-order valence-corrected chi connectivity index (χ1v) is 24.1. The van der Waals surface area contributed by atoms with E-state index in [1.165, 1.54) is 63.9 Å². The predicted octanol–water partition coefficient (Wildman–Crippen LogP) is 8.80. The number of rotatable bonds is 41. The molecule has 13 nitrogen and oxygen atoms in total. The zero-order valence-corrected chi connectivity index (χ0v) is 37.6. The van der Waals surface area contributed by atoms with Crippen molar-refractivity contribution >= 4 is 19.8 Å². The molecule has 0 aromatic carbocycles. The topological polar surface area (TPSA) is 210 Å². The molecule has 0 aliphatic carbocycles. The van der Waals surface area contributed by atoms with Gasteiger partial charge >= 0.3 is 19.8 Å². The Balaban J connectivity index is 4.60. The SMILES string of the molecule is CCCCCCCC/C=C\CCCCCCCCCC(=O)O[C@H](COC(=O)CCC[C@@H](O)[C@H](O)/C=C/C=C/C=C\C=C\[C@H](O)CCCCC)COP(=O)(O)OC[C@@H](O)CO. The molecule has 0 bridgehead atoms. The lowest BCUT2D eigenvalue weighted by molar-refractivity contribution is -0.161. The van der Waals surface area contributed by atoms with Gasteiger partial charge in [0.2, 0.25) is 0 Å². The van der Waals surface area contributed by atoms with Crippen LogP contribution in [0.1, 0.15) is 162 Å². The lowest BCUT2D eigenvalue weighted by atomic mass is 10.1. The van der Waals surface area contributed by atoms with Crippen LogP contribution in [0.4, 0.5) is 0 Å². The van der Waals surface area contributed by atoms with Crippen LogP contribution >= 0.6 is 7.82 Å². The number of carbonyl (C=O) groups is 2. The van der Waals surface area contributed by atoms with Crippen LogP contribution in [0.2, 0.25) is 0 Å². The number of aliphatic hydroxyl groups is 5. The molecule has 0 aromatic rings. The zero-order valence-electron chi connectivity index (χ0n) is 36.7. The molecule has 0 radical (unpaired) electrons. The van der Waals surface area contributed by atoms with Crippen LogP contribution in [0.25, 0.3) is 0 Å². The van der Waals surface area contributed by atoms with Crippen LogP contribution in [0.3, 0.4) is 0 Å². The first kappa shape index (κ1) is 57.5. The van der Waals surface area contributed by atoms with Crippen molar-refractivity contribution in [2.24, 2.45) is 0 Å². The maximum Gasteiger partial charge on any atom is 0.472 e. The lowest BCUT2D eigenvalue weighted by Crippen LogP contribution is -2.30. The molecule has 60 heavy (non-hydrogen) atoms. The molecule has 6 atom stereocenters. The van der Waals surface area contributed by atoms with E-state index in [2.05, 4.69) is 30.5 Å². The van der Waals surface area contributed by atoms with Gasteiger partial charge in [0, 0.05) is 12.8 Å². The van der Waals surface area contributed by atoms with Crippen molar-refractivity contribution in [3.63, 3.8) is 0 Å². The minimum Gasteiger partial charge on any atom is -0.462 e. The van der Waals surface area contributed by atoms with Crippen molar-refractivity contribution in [3.05, 3.63) is 60.8 Å². The van der Waals surface area contributed by atoms with Gasteiger partial charge in [-0.05, 0) is 51.4 Å². The summed E-state index contributed by atoms with van der Waals surface area (Å²) in [6.45, 7) is 1.87. The minimum absolute atomic E-state index is 0.0958. The van der Waals surface area contributed by atoms with Gasteiger partial charge in [0.15, 0.2) is 6.10 Å². The summed E-state index contributed by atoms with van der Waals surface area (Å²) >= 11 is 0. The van der Waals surface area contributed by atoms with Crippen molar-refractivity contribution in [2.75, 3.05) is 26.4 Å². The Morgan fingerprint density at radius 1 is 0.583 bits per heavy atom. The molecule has 0 heterocycles. The van der Waals surface area contributed by atoms with E-state index in [-0.39, 0.29) is 25.7 Å². The second kappa shape index (κ2) is 40.6. The molecule has 0 aromatic heterocycles. The van der Waals surface area contributed by atoms with Gasteiger partial charge in [0.25, 0.3) is 0 Å². The highest BCUT2D eigenvalue weighted by atomic mass is 31.2. The first-order valence-electron chi connectivity index (χ1n) is 22.6. The largest absolute Gasteiger partial charge is 0.472 e. The number of ether oxygens (including phenoxy) is 2. The number of unbranched alkanes of at least 4 members (excludes halogenated alkanes) is 15. The second-order valence-electron chi connectivity index (χ2n) is 15.3. The molecule has 0 aliphatic heterocycles. The number of phosphoric ester groups is 1. The van der Waals surface area contributed by atoms with Gasteiger partial charge in [-0.25, -0.2) is 4.57 Å². The summed E-state index contributed by atoms with van der Waals surface area (Å²) in [5, 5.41) is 48.8. The van der Waals surface area contributed by atoms with Gasteiger partial charge in [0.1, 0.15) is 12.7 Å². The molecule has 14 heteroatoms. The molecule has 0 fully saturated rings. The monoisotopic (exact) mass is 873 g/mol. The number of hydrogen-bond acceptors (Lipinski definition) is 12. The Morgan fingerprint density at radius 2 is 1.10 bits per heavy atom. The molecular weight excluding hydrogens is 791 g/mol. The number of carbonyl (C=O) groups excluding carboxylic acids is 2. The number of phosphoric acid groups is 1. The smallest absolute Gasteiger partial charge is 0.462 e. The van der Waals surface area contributed by atoms with Gasteiger partial charge in [0.05, 0.1) is 38.1 Å². The molecule has 348 valence electrons. The van der Waals surface area contributed by atoms with E-state index in [0.717, 1.165) is 57.8 Å². The quantitative estimate of drug-likeness (QED) is 0.0112. The molecule has 0 saturated carbocycles. The Kier molecular flexibility index (Phi) is 39.0. The normalized spacial score (nSPS) is 15.9. The van der Waals surface area contributed by atoms with Crippen LogP contribution < -0.4 is 0 Å². The highest BCUT2D eigenvalue weighted by molar-refractivity contribution is 7.47. The van der Waals surface area contributed by atoms with E-state index in [0.29, 0.717) is 6.42 Å². The maximum atomic E-state index is 12.6. The van der Waals surface area contributed by atoms with E-state index >= 15 is 0 Å². The van der Waals surface area contributed by atoms with E-state index < -0.39 is 76.7 Å². The fraction of sp³-hybridized carbons (Fsp3) is 0.739. The predicted molar refractivity (Wildman–Crippen MR) is 237 cm³/mol. The summed E-state index contributed by atoms with van der Waals surface area (Å²) in [6, 6.07) is 0. The summed E-state index contributed by atoms with van der Waals surface area (Å²) < 4.78 is 32.5. The van der Waals surface area contributed by atoms with E-state index in [4.69, 9.17) is 19.1 Å². The third kappa shape index (κ3) is 38.5. The fourth-order valence-corrected chi connectivity index (χ4v) is 6.63. The van der Waals surface area contributed by atoms with Crippen LogP contribution in [0, 0.1) is 0 Å².